The van der Waals surface area contributed by atoms with Crippen LogP contribution in [0.3, 0.4) is 0 Å². The van der Waals surface area contributed by atoms with E-state index in [4.69, 9.17) is 9.15 Å². The number of hydrogen-bond donors (Lipinski definition) is 0. The molecule has 0 radical (unpaired) electrons. The summed E-state index contributed by atoms with van der Waals surface area (Å²) >= 11 is 0. The molecule has 4 heterocycles. The van der Waals surface area contributed by atoms with Crippen molar-refractivity contribution in [2.75, 3.05) is 26.2 Å². The minimum absolute atomic E-state index is 0.0205. The van der Waals surface area contributed by atoms with Crippen LogP contribution < -0.4 is 0 Å². The number of likely N-dealkylation sites (tertiary alicyclic amines) is 1. The largest absolute Gasteiger partial charge is 0.459 e. The predicted molar refractivity (Wildman–Crippen MR) is 92.1 cm³/mol. The minimum Gasteiger partial charge on any atom is -0.459 e. The molecular weight excluding hydrogens is 318 g/mol. The van der Waals surface area contributed by atoms with Crippen molar-refractivity contribution in [3.05, 3.63) is 53.7 Å². The maximum atomic E-state index is 12.8. The maximum Gasteiger partial charge on any atom is 0.289 e. The van der Waals surface area contributed by atoms with Crippen LogP contribution in [0, 0.1) is 6.92 Å². The Hall–Kier alpha value is -2.18. The lowest BCUT2D eigenvalue weighted by molar-refractivity contribution is -0.101. The summed E-state index contributed by atoms with van der Waals surface area (Å²) in [7, 11) is 0. The zero-order valence-electron chi connectivity index (χ0n) is 14.4. The topological polar surface area (TPSA) is 58.8 Å². The number of piperidine rings is 1. The molecule has 6 nitrogen and oxygen atoms in total. The number of morpholine rings is 1. The first-order valence-corrected chi connectivity index (χ1v) is 8.80. The molecule has 132 valence electrons. The fourth-order valence-corrected chi connectivity index (χ4v) is 3.78. The first-order chi connectivity index (χ1) is 12.2. The molecule has 0 spiro atoms. The Labute approximate surface area is 147 Å². The van der Waals surface area contributed by atoms with E-state index < -0.39 is 0 Å². The van der Waals surface area contributed by atoms with E-state index in [1.807, 2.05) is 30.2 Å². The summed E-state index contributed by atoms with van der Waals surface area (Å²) in [5.74, 6) is 0.432. The smallest absolute Gasteiger partial charge is 0.289 e. The predicted octanol–water partition coefficient (Wildman–Crippen LogP) is 2.10. The van der Waals surface area contributed by atoms with Crippen molar-refractivity contribution in [1.29, 1.82) is 0 Å². The third-order valence-corrected chi connectivity index (χ3v) is 5.15. The maximum absolute atomic E-state index is 12.8. The lowest BCUT2D eigenvalue weighted by Gasteiger charge is -2.47. The number of rotatable bonds is 3. The molecule has 4 rings (SSSR count). The molecule has 2 atom stereocenters. The number of nitrogens with zero attached hydrogens (tertiary/aromatic N) is 3. The molecule has 0 unspecified atom stereocenters. The summed E-state index contributed by atoms with van der Waals surface area (Å²) in [5, 5.41) is 0. The second-order valence-electron chi connectivity index (χ2n) is 6.78. The van der Waals surface area contributed by atoms with E-state index in [1.165, 1.54) is 5.56 Å². The number of ether oxygens (including phenoxy) is 1. The molecule has 0 N–H and O–H groups in total. The van der Waals surface area contributed by atoms with Crippen LogP contribution in [0.4, 0.5) is 0 Å². The van der Waals surface area contributed by atoms with Gasteiger partial charge in [0.2, 0.25) is 0 Å². The molecule has 0 saturated carbocycles. The van der Waals surface area contributed by atoms with Gasteiger partial charge >= 0.3 is 0 Å². The van der Waals surface area contributed by atoms with Gasteiger partial charge in [-0.25, -0.2) is 0 Å². The number of furan rings is 1. The standard InChI is InChI=1S/C19H23N3O3/c1-14-5-9-25-18(14)19(23)22-7-4-17-16(13-22)21(8-10-24-17)12-15-3-2-6-20-11-15/h2-3,5-6,9,11,16-17H,4,7-8,10,12-13H2,1H3/t16-,17-/m1/s1. The number of hydrogen-bond acceptors (Lipinski definition) is 5. The molecule has 6 heteroatoms. The van der Waals surface area contributed by atoms with Gasteiger partial charge in [0.25, 0.3) is 5.91 Å². The fraction of sp³-hybridized carbons (Fsp3) is 0.474. The van der Waals surface area contributed by atoms with Gasteiger partial charge in [-0.1, -0.05) is 6.07 Å². The van der Waals surface area contributed by atoms with Crippen molar-refractivity contribution in [2.45, 2.75) is 32.0 Å². The van der Waals surface area contributed by atoms with Gasteiger partial charge in [-0.2, -0.15) is 0 Å². The lowest BCUT2D eigenvalue weighted by atomic mass is 9.97. The van der Waals surface area contributed by atoms with Gasteiger partial charge in [0.15, 0.2) is 5.76 Å². The highest BCUT2D eigenvalue weighted by atomic mass is 16.5. The molecule has 25 heavy (non-hydrogen) atoms. The zero-order chi connectivity index (χ0) is 17.2. The fourth-order valence-electron chi connectivity index (χ4n) is 3.78. The van der Waals surface area contributed by atoms with Crippen LogP contribution in [0.2, 0.25) is 0 Å². The van der Waals surface area contributed by atoms with Gasteiger partial charge in [-0.05, 0) is 31.0 Å². The second-order valence-corrected chi connectivity index (χ2v) is 6.78. The van der Waals surface area contributed by atoms with Crippen LogP contribution in [0.25, 0.3) is 0 Å². The highest BCUT2D eigenvalue weighted by Crippen LogP contribution is 2.26. The number of aromatic nitrogens is 1. The van der Waals surface area contributed by atoms with E-state index in [9.17, 15) is 4.79 Å². The second kappa shape index (κ2) is 6.98. The van der Waals surface area contributed by atoms with Crippen molar-refractivity contribution in [3.8, 4) is 0 Å². The van der Waals surface area contributed by atoms with Gasteiger partial charge in [0, 0.05) is 44.1 Å². The molecule has 2 saturated heterocycles. The van der Waals surface area contributed by atoms with Gasteiger partial charge in [0.05, 0.1) is 25.0 Å². The Morgan fingerprint density at radius 3 is 3.04 bits per heavy atom. The Kier molecular flexibility index (Phi) is 4.55. The number of fused-ring (bicyclic) bond motifs is 1. The number of pyridine rings is 1. The number of carbonyl (C=O) groups is 1. The summed E-state index contributed by atoms with van der Waals surface area (Å²) < 4.78 is 11.4. The zero-order valence-corrected chi connectivity index (χ0v) is 14.4. The van der Waals surface area contributed by atoms with Crippen LogP contribution in [0.15, 0.2) is 41.3 Å². The average molecular weight is 341 g/mol. The highest BCUT2D eigenvalue weighted by Gasteiger charge is 2.39. The van der Waals surface area contributed by atoms with Crippen LogP contribution in [0.5, 0.6) is 0 Å². The van der Waals surface area contributed by atoms with Crippen molar-refractivity contribution in [1.82, 2.24) is 14.8 Å². The molecule has 0 bridgehead atoms. The molecular formula is C19H23N3O3. The molecule has 2 aliphatic rings. The van der Waals surface area contributed by atoms with Crippen molar-refractivity contribution in [3.63, 3.8) is 0 Å². The van der Waals surface area contributed by atoms with Gasteiger partial charge < -0.3 is 14.1 Å². The first-order valence-electron chi connectivity index (χ1n) is 8.80. The quantitative estimate of drug-likeness (QED) is 0.856. The number of carbonyl (C=O) groups excluding carboxylic acids is 1. The third-order valence-electron chi connectivity index (χ3n) is 5.15. The van der Waals surface area contributed by atoms with Crippen LogP contribution in [-0.2, 0) is 11.3 Å². The van der Waals surface area contributed by atoms with Crippen molar-refractivity contribution >= 4 is 5.91 Å². The average Bonchev–Trinajstić information content (AvgIpc) is 3.08. The summed E-state index contributed by atoms with van der Waals surface area (Å²) in [5.41, 5.74) is 2.08. The van der Waals surface area contributed by atoms with E-state index in [0.29, 0.717) is 18.8 Å². The normalized spacial score (nSPS) is 24.1. The SMILES string of the molecule is Cc1ccoc1C(=O)N1CC[C@H]2OCCN(Cc3cccnc3)[C@@H]2C1. The van der Waals surface area contributed by atoms with Crippen LogP contribution in [0.1, 0.15) is 28.1 Å². The highest BCUT2D eigenvalue weighted by molar-refractivity contribution is 5.93. The van der Waals surface area contributed by atoms with Crippen LogP contribution >= 0.6 is 0 Å². The molecule has 0 aliphatic carbocycles. The number of amides is 1. The molecule has 2 fully saturated rings. The first kappa shape index (κ1) is 16.3. The Morgan fingerprint density at radius 1 is 1.36 bits per heavy atom. The van der Waals surface area contributed by atoms with Crippen LogP contribution in [-0.4, -0.2) is 59.1 Å². The van der Waals surface area contributed by atoms with Crippen molar-refractivity contribution < 1.29 is 13.9 Å². The Morgan fingerprint density at radius 2 is 2.28 bits per heavy atom. The molecule has 2 aromatic rings. The summed E-state index contributed by atoms with van der Waals surface area (Å²) in [4.78, 5) is 21.3. The van der Waals surface area contributed by atoms with E-state index in [2.05, 4.69) is 16.0 Å². The summed E-state index contributed by atoms with van der Waals surface area (Å²) in [6.45, 7) is 5.73. The Balaban J connectivity index is 1.49. The monoisotopic (exact) mass is 341 g/mol. The Bertz CT molecular complexity index is 731. The molecule has 1 amide bonds. The van der Waals surface area contributed by atoms with Gasteiger partial charge in [0.1, 0.15) is 0 Å². The van der Waals surface area contributed by atoms with E-state index in [0.717, 1.165) is 31.7 Å². The molecule has 0 aromatic carbocycles. The van der Waals surface area contributed by atoms with Gasteiger partial charge in [-0.3, -0.25) is 14.7 Å². The van der Waals surface area contributed by atoms with E-state index in [1.54, 1.807) is 12.5 Å². The third kappa shape index (κ3) is 3.32. The van der Waals surface area contributed by atoms with E-state index in [-0.39, 0.29) is 18.1 Å². The summed E-state index contributed by atoms with van der Waals surface area (Å²) in [6.07, 6.45) is 6.32. The molecule has 2 aliphatic heterocycles. The lowest BCUT2D eigenvalue weighted by Crippen LogP contribution is -2.60. The molecule has 2 aromatic heterocycles. The van der Waals surface area contributed by atoms with Gasteiger partial charge in [-0.15, -0.1) is 0 Å². The summed E-state index contributed by atoms with van der Waals surface area (Å²) in [6, 6.07) is 6.10. The van der Waals surface area contributed by atoms with Crippen molar-refractivity contribution in [2.24, 2.45) is 0 Å². The minimum atomic E-state index is -0.0205. The van der Waals surface area contributed by atoms with E-state index >= 15 is 0 Å². The number of aryl methyl sites for hydroxylation is 1.